The Morgan fingerprint density at radius 3 is 2.00 bits per heavy atom. The second kappa shape index (κ2) is 13.1. The summed E-state index contributed by atoms with van der Waals surface area (Å²) in [5.41, 5.74) is 0. The third-order valence-electron chi connectivity index (χ3n) is 4.10. The van der Waals surface area contributed by atoms with Gasteiger partial charge in [-0.3, -0.25) is 28.6 Å². The number of aliphatic carboxylic acids is 2. The number of hydrogen-bond acceptors (Lipinski definition) is 8. The van der Waals surface area contributed by atoms with Gasteiger partial charge < -0.3 is 25.5 Å². The number of nitrogens with one attached hydrogen (secondary N) is 1. The van der Waals surface area contributed by atoms with Crippen LogP contribution in [0, 0.1) is 0 Å². The highest BCUT2D eigenvalue weighted by molar-refractivity contribution is 7.85. The van der Waals surface area contributed by atoms with Gasteiger partial charge in [0.15, 0.2) is 0 Å². The molecule has 0 spiro atoms. The molecule has 0 fully saturated rings. The summed E-state index contributed by atoms with van der Waals surface area (Å²) in [4.78, 5) is 48.3. The topological polar surface area (TPSA) is 202 Å². The minimum absolute atomic E-state index is 0.0149. The van der Waals surface area contributed by atoms with Crippen molar-refractivity contribution < 1.29 is 47.5 Å². The summed E-state index contributed by atoms with van der Waals surface area (Å²) in [6.07, 6.45) is -0.891. The van der Waals surface area contributed by atoms with E-state index in [4.69, 9.17) is 14.8 Å². The van der Waals surface area contributed by atoms with Crippen LogP contribution < -0.4 is 5.32 Å². The summed E-state index contributed by atoms with van der Waals surface area (Å²) in [6, 6.07) is -1.47. The van der Waals surface area contributed by atoms with E-state index in [-0.39, 0.29) is 25.5 Å². The summed E-state index contributed by atoms with van der Waals surface area (Å²) in [6.45, 7) is 1.26. The maximum Gasteiger partial charge on any atom is 0.317 e. The van der Waals surface area contributed by atoms with Crippen molar-refractivity contribution in [1.29, 1.82) is 0 Å². The number of carboxylic acids is 2. The Balaban J connectivity index is 5.26. The summed E-state index contributed by atoms with van der Waals surface area (Å²) < 4.78 is 31.0. The van der Waals surface area contributed by atoms with Gasteiger partial charge >= 0.3 is 11.9 Å². The van der Waals surface area contributed by atoms with Crippen LogP contribution in [0.4, 0.5) is 0 Å². The molecule has 2 amide bonds. The number of nitrogens with zero attached hydrogens (tertiary/aromatic N) is 2. The first-order valence-electron chi connectivity index (χ1n) is 9.10. The highest BCUT2D eigenvalue weighted by Gasteiger charge is 2.30. The van der Waals surface area contributed by atoms with Gasteiger partial charge in [0.05, 0.1) is 31.0 Å². The van der Waals surface area contributed by atoms with E-state index in [9.17, 15) is 32.7 Å². The molecule has 0 saturated heterocycles. The molecule has 5 N–H and O–H groups in total. The molecule has 0 aliphatic carbocycles. The second-order valence-electron chi connectivity index (χ2n) is 6.60. The molecule has 30 heavy (non-hydrogen) atoms. The second-order valence-corrected chi connectivity index (χ2v) is 8.17. The van der Waals surface area contributed by atoms with E-state index < -0.39 is 65.4 Å². The van der Waals surface area contributed by atoms with E-state index in [1.54, 1.807) is 6.92 Å². The lowest BCUT2D eigenvalue weighted by atomic mass is 10.1. The number of rotatable bonds is 15. The highest BCUT2D eigenvalue weighted by atomic mass is 32.2. The smallest absolute Gasteiger partial charge is 0.317 e. The molecule has 0 bridgehead atoms. The largest absolute Gasteiger partial charge is 0.480 e. The number of carbonyl (C=O) groups is 4. The summed E-state index contributed by atoms with van der Waals surface area (Å²) in [5.74, 6) is -4.96. The summed E-state index contributed by atoms with van der Waals surface area (Å²) in [5, 5.41) is 30.0. The van der Waals surface area contributed by atoms with Gasteiger partial charge in [-0.1, -0.05) is 6.92 Å². The number of aliphatic hydroxyl groups is 1. The predicted molar refractivity (Wildman–Crippen MR) is 103 cm³/mol. The summed E-state index contributed by atoms with van der Waals surface area (Å²) in [7, 11) is -4.49. The quantitative estimate of drug-likeness (QED) is 0.168. The lowest BCUT2D eigenvalue weighted by Crippen LogP contribution is -2.52. The third-order valence-corrected chi connectivity index (χ3v) is 4.85. The van der Waals surface area contributed by atoms with Gasteiger partial charge in [0.25, 0.3) is 10.1 Å². The molecule has 13 nitrogen and oxygen atoms in total. The van der Waals surface area contributed by atoms with Crippen LogP contribution >= 0.6 is 0 Å². The SMILES string of the molecule is CCC(O)CN(CCNC(=O)C(CCS(=O)(=O)O)N(CC(=O)O)CC(=O)O)C(C)=O. The fraction of sp³-hybridized carbons (Fsp3) is 0.750. The van der Waals surface area contributed by atoms with Crippen LogP contribution in [-0.4, -0.2) is 112 Å². The van der Waals surface area contributed by atoms with Gasteiger partial charge in [0, 0.05) is 26.6 Å². The average Bonchev–Trinajstić information content (AvgIpc) is 2.58. The fourth-order valence-corrected chi connectivity index (χ4v) is 3.08. The van der Waals surface area contributed by atoms with Crippen molar-refractivity contribution >= 4 is 33.9 Å². The van der Waals surface area contributed by atoms with Crippen LogP contribution in [-0.2, 0) is 29.3 Å². The molecule has 0 aromatic heterocycles. The van der Waals surface area contributed by atoms with Crippen LogP contribution in [0.1, 0.15) is 26.7 Å². The van der Waals surface area contributed by atoms with Crippen molar-refractivity contribution in [2.45, 2.75) is 38.8 Å². The molecular weight excluding hydrogens is 426 g/mol. The van der Waals surface area contributed by atoms with E-state index in [0.717, 1.165) is 4.90 Å². The van der Waals surface area contributed by atoms with E-state index in [0.29, 0.717) is 6.42 Å². The minimum atomic E-state index is -4.49. The molecule has 0 saturated carbocycles. The van der Waals surface area contributed by atoms with E-state index in [1.165, 1.54) is 11.8 Å². The molecule has 0 aliphatic rings. The van der Waals surface area contributed by atoms with Gasteiger partial charge in [0.2, 0.25) is 11.8 Å². The maximum absolute atomic E-state index is 12.5. The van der Waals surface area contributed by atoms with Crippen LogP contribution in [0.2, 0.25) is 0 Å². The number of carboxylic acid groups (broad SMARTS) is 2. The standard InChI is InChI=1S/C16H29N3O10S/c1-3-12(21)8-18(11(2)20)6-5-17-16(26)13(4-7-30(27,28)29)19(9-14(22)23)10-15(24)25/h12-13,21H,3-10H2,1-2H3,(H,17,26)(H,22,23)(H,24,25)(H,27,28,29). The molecule has 174 valence electrons. The first-order valence-corrected chi connectivity index (χ1v) is 10.7. The van der Waals surface area contributed by atoms with Gasteiger partial charge in [-0.2, -0.15) is 8.42 Å². The Kier molecular flexibility index (Phi) is 12.1. The zero-order valence-corrected chi connectivity index (χ0v) is 17.7. The maximum atomic E-state index is 12.5. The molecule has 2 unspecified atom stereocenters. The molecular formula is C16H29N3O10S. The zero-order valence-electron chi connectivity index (χ0n) is 16.9. The molecule has 0 rings (SSSR count). The average molecular weight is 455 g/mol. The van der Waals surface area contributed by atoms with E-state index >= 15 is 0 Å². The Hall–Kier alpha value is -2.29. The van der Waals surface area contributed by atoms with Crippen molar-refractivity contribution in [1.82, 2.24) is 15.1 Å². The lowest BCUT2D eigenvalue weighted by molar-refractivity contribution is -0.144. The molecule has 14 heteroatoms. The Bertz CT molecular complexity index is 696. The van der Waals surface area contributed by atoms with Gasteiger partial charge in [-0.25, -0.2) is 0 Å². The number of amides is 2. The Morgan fingerprint density at radius 2 is 1.60 bits per heavy atom. The zero-order chi connectivity index (χ0) is 23.5. The van der Waals surface area contributed by atoms with Crippen LogP contribution in [0.5, 0.6) is 0 Å². The molecule has 2 atom stereocenters. The van der Waals surface area contributed by atoms with Gasteiger partial charge in [0.1, 0.15) is 0 Å². The Morgan fingerprint density at radius 1 is 1.07 bits per heavy atom. The van der Waals surface area contributed by atoms with Crippen molar-refractivity contribution in [3.05, 3.63) is 0 Å². The van der Waals surface area contributed by atoms with Crippen molar-refractivity contribution in [3.8, 4) is 0 Å². The molecule has 0 aromatic carbocycles. The number of aliphatic hydroxyl groups excluding tert-OH is 1. The molecule has 0 heterocycles. The van der Waals surface area contributed by atoms with Crippen molar-refractivity contribution in [2.75, 3.05) is 38.5 Å². The number of hydrogen-bond donors (Lipinski definition) is 5. The van der Waals surface area contributed by atoms with E-state index in [2.05, 4.69) is 5.32 Å². The lowest BCUT2D eigenvalue weighted by Gasteiger charge is -2.28. The minimum Gasteiger partial charge on any atom is -0.480 e. The first kappa shape index (κ1) is 27.7. The molecule has 0 aromatic rings. The normalized spacial score (nSPS) is 13.5. The fourth-order valence-electron chi connectivity index (χ4n) is 2.56. The molecule has 0 aliphatic heterocycles. The monoisotopic (exact) mass is 455 g/mol. The van der Waals surface area contributed by atoms with Gasteiger partial charge in [-0.15, -0.1) is 0 Å². The van der Waals surface area contributed by atoms with Crippen LogP contribution in [0.25, 0.3) is 0 Å². The Labute approximate surface area is 174 Å². The van der Waals surface area contributed by atoms with Gasteiger partial charge in [-0.05, 0) is 12.8 Å². The number of carbonyl (C=O) groups excluding carboxylic acids is 2. The summed E-state index contributed by atoms with van der Waals surface area (Å²) >= 11 is 0. The van der Waals surface area contributed by atoms with Crippen molar-refractivity contribution in [2.24, 2.45) is 0 Å². The predicted octanol–water partition coefficient (Wildman–Crippen LogP) is -2.16. The van der Waals surface area contributed by atoms with E-state index in [1.807, 2.05) is 0 Å². The van der Waals surface area contributed by atoms with Crippen LogP contribution in [0.15, 0.2) is 0 Å². The third kappa shape index (κ3) is 12.3. The molecule has 0 radical (unpaired) electrons. The van der Waals surface area contributed by atoms with Crippen LogP contribution in [0.3, 0.4) is 0 Å². The van der Waals surface area contributed by atoms with Crippen molar-refractivity contribution in [3.63, 3.8) is 0 Å². The highest BCUT2D eigenvalue weighted by Crippen LogP contribution is 2.08. The first-order chi connectivity index (χ1) is 13.8.